The highest BCUT2D eigenvalue weighted by Gasteiger charge is 2.29. The monoisotopic (exact) mass is 456 g/mol. The summed E-state index contributed by atoms with van der Waals surface area (Å²) in [6, 6.07) is 23.1. The Kier molecular flexibility index (Phi) is 5.40. The lowest BCUT2D eigenvalue weighted by Crippen LogP contribution is -2.33. The Bertz CT molecular complexity index is 1360. The van der Waals surface area contributed by atoms with E-state index in [9.17, 15) is 4.79 Å². The molecule has 1 aromatic heterocycles. The summed E-state index contributed by atoms with van der Waals surface area (Å²) in [7, 11) is 0. The normalized spacial score (nSPS) is 12.5. The van der Waals surface area contributed by atoms with Gasteiger partial charge in [-0.3, -0.25) is 9.36 Å². The summed E-state index contributed by atoms with van der Waals surface area (Å²) < 4.78 is 1.85. The van der Waals surface area contributed by atoms with Crippen molar-refractivity contribution in [3.63, 3.8) is 0 Å². The quantitative estimate of drug-likeness (QED) is 0.481. The Balaban J connectivity index is 1.59. The third-order valence-electron chi connectivity index (χ3n) is 5.45. The molecule has 0 radical (unpaired) electrons. The number of benzene rings is 3. The Morgan fingerprint density at radius 1 is 0.939 bits per heavy atom. The van der Waals surface area contributed by atoms with Crippen LogP contribution in [0.5, 0.6) is 0 Å². The van der Waals surface area contributed by atoms with Crippen LogP contribution in [0.1, 0.15) is 22.5 Å². The van der Waals surface area contributed by atoms with E-state index in [2.05, 4.69) is 15.5 Å². The molecular weight excluding hydrogens is 436 g/mol. The molecule has 1 aliphatic heterocycles. The number of halogens is 1. The van der Waals surface area contributed by atoms with Gasteiger partial charge >= 0.3 is 0 Å². The van der Waals surface area contributed by atoms with Crippen molar-refractivity contribution in [3.05, 3.63) is 100 Å². The summed E-state index contributed by atoms with van der Waals surface area (Å²) in [5.41, 5.74) is 5.21. The van der Waals surface area contributed by atoms with E-state index < -0.39 is 0 Å². The SMILES string of the molecule is Cc1ccc(NCC(=O)N2N=C(c3ccc(Cl)cc3)c3ccccc3-n3c(C)nnc32)cc1. The smallest absolute Gasteiger partial charge is 0.269 e. The lowest BCUT2D eigenvalue weighted by Gasteiger charge is -2.16. The number of carbonyl (C=O) groups is 1. The minimum atomic E-state index is -0.261. The van der Waals surface area contributed by atoms with Crippen molar-refractivity contribution in [3.8, 4) is 5.69 Å². The molecule has 0 unspecified atom stereocenters. The molecule has 0 atom stereocenters. The van der Waals surface area contributed by atoms with Gasteiger partial charge in [0.15, 0.2) is 0 Å². The maximum Gasteiger partial charge on any atom is 0.269 e. The molecule has 0 saturated heterocycles. The van der Waals surface area contributed by atoms with Crippen LogP contribution in [-0.4, -0.2) is 32.9 Å². The number of hydrazone groups is 1. The Labute approximate surface area is 196 Å². The maximum atomic E-state index is 13.4. The van der Waals surface area contributed by atoms with Gasteiger partial charge in [0.2, 0.25) is 0 Å². The van der Waals surface area contributed by atoms with Crippen molar-refractivity contribution >= 4 is 34.9 Å². The first-order valence-electron chi connectivity index (χ1n) is 10.5. The van der Waals surface area contributed by atoms with E-state index in [-0.39, 0.29) is 12.5 Å². The molecule has 0 spiro atoms. The predicted molar refractivity (Wildman–Crippen MR) is 130 cm³/mol. The number of aryl methyl sites for hydroxylation is 2. The molecule has 7 nitrogen and oxygen atoms in total. The highest BCUT2D eigenvalue weighted by molar-refractivity contribution is 6.30. The average molecular weight is 457 g/mol. The fraction of sp³-hybridized carbons (Fsp3) is 0.120. The Hall–Kier alpha value is -3.97. The topological polar surface area (TPSA) is 75.4 Å². The van der Waals surface area contributed by atoms with Crippen molar-refractivity contribution in [2.45, 2.75) is 13.8 Å². The molecule has 0 aliphatic carbocycles. The molecule has 4 aromatic rings. The summed E-state index contributed by atoms with van der Waals surface area (Å²) in [4.78, 5) is 13.4. The van der Waals surface area contributed by atoms with Crippen molar-refractivity contribution < 1.29 is 4.79 Å². The highest BCUT2D eigenvalue weighted by atomic mass is 35.5. The molecule has 5 rings (SSSR count). The molecular formula is C25H21ClN6O. The maximum absolute atomic E-state index is 13.4. The van der Waals surface area contributed by atoms with Crippen LogP contribution >= 0.6 is 11.6 Å². The number of hydrogen-bond acceptors (Lipinski definition) is 5. The van der Waals surface area contributed by atoms with Crippen LogP contribution in [0.4, 0.5) is 11.6 Å². The van der Waals surface area contributed by atoms with Crippen LogP contribution < -0.4 is 10.3 Å². The molecule has 1 N–H and O–H groups in total. The van der Waals surface area contributed by atoms with Gasteiger partial charge in [-0.15, -0.1) is 10.2 Å². The highest BCUT2D eigenvalue weighted by Crippen LogP contribution is 2.30. The third kappa shape index (κ3) is 3.99. The molecule has 0 saturated carbocycles. The third-order valence-corrected chi connectivity index (χ3v) is 5.70. The number of anilines is 2. The lowest BCUT2D eigenvalue weighted by molar-refractivity contribution is -0.117. The van der Waals surface area contributed by atoms with Crippen LogP contribution in [0.2, 0.25) is 5.02 Å². The van der Waals surface area contributed by atoms with E-state index in [0.717, 1.165) is 28.1 Å². The van der Waals surface area contributed by atoms with Gasteiger partial charge in [-0.25, -0.2) is 0 Å². The van der Waals surface area contributed by atoms with E-state index in [1.165, 1.54) is 5.01 Å². The zero-order valence-corrected chi connectivity index (χ0v) is 18.9. The van der Waals surface area contributed by atoms with Gasteiger partial charge in [0.1, 0.15) is 11.5 Å². The Morgan fingerprint density at radius 3 is 2.42 bits per heavy atom. The largest absolute Gasteiger partial charge is 0.376 e. The molecule has 0 fully saturated rings. The summed E-state index contributed by atoms with van der Waals surface area (Å²) in [5, 5.41) is 18.4. The number of carbonyl (C=O) groups excluding carboxylic acids is 1. The van der Waals surface area contributed by atoms with Crippen molar-refractivity contribution in [1.82, 2.24) is 14.8 Å². The summed E-state index contributed by atoms with van der Waals surface area (Å²) in [5.74, 6) is 0.748. The standard InChI is InChI=1S/C25H21ClN6O/c1-16-7-13-20(14-8-16)27-15-23(33)32-25-29-28-17(2)31(25)22-6-4-3-5-21(22)24(30-32)18-9-11-19(26)12-10-18/h3-14,27H,15H2,1-2H3. The van der Waals surface area contributed by atoms with E-state index >= 15 is 0 Å². The van der Waals surface area contributed by atoms with E-state index in [4.69, 9.17) is 16.7 Å². The first-order valence-corrected chi connectivity index (χ1v) is 10.9. The number of nitrogens with zero attached hydrogens (tertiary/aromatic N) is 5. The first kappa shape index (κ1) is 20.9. The lowest BCUT2D eigenvalue weighted by atomic mass is 10.0. The molecule has 33 heavy (non-hydrogen) atoms. The molecule has 3 aromatic carbocycles. The van der Waals surface area contributed by atoms with Gasteiger partial charge in [0.25, 0.3) is 11.9 Å². The van der Waals surface area contributed by atoms with Crippen LogP contribution in [0.15, 0.2) is 77.9 Å². The zero-order chi connectivity index (χ0) is 22.9. The first-order chi connectivity index (χ1) is 16.0. The van der Waals surface area contributed by atoms with Gasteiger partial charge in [-0.2, -0.15) is 10.1 Å². The fourth-order valence-electron chi connectivity index (χ4n) is 3.75. The second-order valence-electron chi connectivity index (χ2n) is 7.78. The van der Waals surface area contributed by atoms with Gasteiger partial charge in [-0.05, 0) is 44.2 Å². The molecule has 1 amide bonds. The van der Waals surface area contributed by atoms with Crippen molar-refractivity contribution in [2.75, 3.05) is 16.9 Å². The molecule has 8 heteroatoms. The van der Waals surface area contributed by atoms with Crippen LogP contribution in [0, 0.1) is 13.8 Å². The van der Waals surface area contributed by atoms with Crippen LogP contribution in [-0.2, 0) is 4.79 Å². The number of para-hydroxylation sites is 1. The molecule has 2 heterocycles. The second kappa shape index (κ2) is 8.52. The number of fused-ring (bicyclic) bond motifs is 3. The van der Waals surface area contributed by atoms with Gasteiger partial charge in [0.05, 0.1) is 12.2 Å². The van der Waals surface area contributed by atoms with Gasteiger partial charge in [0, 0.05) is 21.8 Å². The predicted octanol–water partition coefficient (Wildman–Crippen LogP) is 4.75. The zero-order valence-electron chi connectivity index (χ0n) is 18.2. The number of amides is 1. The fourth-order valence-corrected chi connectivity index (χ4v) is 3.88. The van der Waals surface area contributed by atoms with Crippen LogP contribution in [0.25, 0.3) is 5.69 Å². The van der Waals surface area contributed by atoms with E-state index in [1.54, 1.807) is 0 Å². The van der Waals surface area contributed by atoms with Crippen molar-refractivity contribution in [1.29, 1.82) is 0 Å². The number of aromatic nitrogens is 3. The number of hydrogen-bond donors (Lipinski definition) is 1. The number of rotatable bonds is 4. The molecule has 0 bridgehead atoms. The van der Waals surface area contributed by atoms with E-state index in [1.807, 2.05) is 91.2 Å². The average Bonchev–Trinajstić information content (AvgIpc) is 3.13. The molecule has 1 aliphatic rings. The van der Waals surface area contributed by atoms with Crippen LogP contribution in [0.3, 0.4) is 0 Å². The summed E-state index contributed by atoms with van der Waals surface area (Å²) >= 11 is 6.11. The van der Waals surface area contributed by atoms with Crippen molar-refractivity contribution in [2.24, 2.45) is 5.10 Å². The molecule has 164 valence electrons. The summed E-state index contributed by atoms with van der Waals surface area (Å²) in [6.45, 7) is 3.92. The van der Waals surface area contributed by atoms with Gasteiger partial charge in [-0.1, -0.05) is 59.6 Å². The minimum Gasteiger partial charge on any atom is -0.376 e. The number of nitrogens with one attached hydrogen (secondary N) is 1. The summed E-state index contributed by atoms with van der Waals surface area (Å²) in [6.07, 6.45) is 0. The minimum absolute atomic E-state index is 0.0444. The second-order valence-corrected chi connectivity index (χ2v) is 8.22. The Morgan fingerprint density at radius 2 is 1.67 bits per heavy atom. The van der Waals surface area contributed by atoms with Gasteiger partial charge < -0.3 is 5.32 Å². The van der Waals surface area contributed by atoms with E-state index in [0.29, 0.717) is 22.5 Å².